The van der Waals surface area contributed by atoms with Gasteiger partial charge in [-0.05, 0) is 5.75 Å². The number of ether oxygens (including phenoxy) is 1. The summed E-state index contributed by atoms with van der Waals surface area (Å²) in [4.78, 5) is 0. The molecule has 0 aliphatic heterocycles. The highest BCUT2D eigenvalue weighted by Crippen LogP contribution is 2.16. The van der Waals surface area contributed by atoms with E-state index < -0.39 is 0 Å². The van der Waals surface area contributed by atoms with E-state index in [-0.39, 0.29) is 0 Å². The maximum atomic E-state index is 5.04. The first-order valence-electron chi connectivity index (χ1n) is 4.48. The van der Waals surface area contributed by atoms with Crippen LogP contribution in [0, 0.1) is 0 Å². The van der Waals surface area contributed by atoms with Gasteiger partial charge < -0.3 is 9.30 Å². The molecular formula is C9H15N3OS. The first-order chi connectivity index (χ1) is 6.83. The maximum Gasteiger partial charge on any atom is 0.191 e. The zero-order valence-electron chi connectivity index (χ0n) is 8.56. The van der Waals surface area contributed by atoms with Crippen molar-refractivity contribution in [1.82, 2.24) is 14.8 Å². The summed E-state index contributed by atoms with van der Waals surface area (Å²) in [5.41, 5.74) is 0. The van der Waals surface area contributed by atoms with Crippen LogP contribution in [-0.2, 0) is 17.9 Å². The molecule has 0 unspecified atom stereocenters. The molecule has 0 spiro atoms. The zero-order valence-corrected chi connectivity index (χ0v) is 9.38. The summed E-state index contributed by atoms with van der Waals surface area (Å²) in [6.45, 7) is 7.02. The molecule has 0 aliphatic rings. The van der Waals surface area contributed by atoms with Crippen LogP contribution in [0.4, 0.5) is 0 Å². The van der Waals surface area contributed by atoms with E-state index in [2.05, 4.69) is 23.7 Å². The van der Waals surface area contributed by atoms with E-state index in [0.29, 0.717) is 6.61 Å². The minimum atomic E-state index is 0.491. The quantitative estimate of drug-likeness (QED) is 0.533. The maximum absolute atomic E-state index is 5.04. The van der Waals surface area contributed by atoms with Gasteiger partial charge in [0.1, 0.15) is 6.61 Å². The summed E-state index contributed by atoms with van der Waals surface area (Å²) in [7, 11) is 1.65. The van der Waals surface area contributed by atoms with Gasteiger partial charge in [-0.3, -0.25) is 0 Å². The summed E-state index contributed by atoms with van der Waals surface area (Å²) in [6, 6.07) is 0. The van der Waals surface area contributed by atoms with Crippen LogP contribution in [0.1, 0.15) is 12.7 Å². The monoisotopic (exact) mass is 213 g/mol. The van der Waals surface area contributed by atoms with Crippen LogP contribution in [0.2, 0.25) is 0 Å². The molecule has 0 saturated heterocycles. The van der Waals surface area contributed by atoms with Crippen molar-refractivity contribution in [3.05, 3.63) is 18.5 Å². The van der Waals surface area contributed by atoms with Crippen LogP contribution in [0.25, 0.3) is 0 Å². The molecule has 0 aromatic carbocycles. The van der Waals surface area contributed by atoms with Gasteiger partial charge in [-0.25, -0.2) is 0 Å². The van der Waals surface area contributed by atoms with E-state index in [1.165, 1.54) is 0 Å². The Morgan fingerprint density at radius 2 is 2.36 bits per heavy atom. The number of thioether (sulfide) groups is 1. The fourth-order valence-corrected chi connectivity index (χ4v) is 1.80. The molecule has 0 N–H and O–H groups in total. The normalized spacial score (nSPS) is 10.4. The second-order valence-corrected chi connectivity index (χ2v) is 3.90. The number of rotatable bonds is 6. The van der Waals surface area contributed by atoms with Gasteiger partial charge in [0.25, 0.3) is 0 Å². The highest BCUT2D eigenvalue weighted by molar-refractivity contribution is 7.99. The average molecular weight is 213 g/mol. The van der Waals surface area contributed by atoms with E-state index in [9.17, 15) is 0 Å². The third-order valence-electron chi connectivity index (χ3n) is 1.65. The van der Waals surface area contributed by atoms with E-state index >= 15 is 0 Å². The molecule has 0 bridgehead atoms. The Labute approximate surface area is 88.4 Å². The molecule has 1 aromatic rings. The molecular weight excluding hydrogens is 198 g/mol. The standard InChI is InChI=1S/C9H15N3OS/c1-4-6-12-8(7-13-3)10-11-9(12)14-5-2/h4H,1,5-7H2,2-3H3. The van der Waals surface area contributed by atoms with Crippen LogP contribution in [0.5, 0.6) is 0 Å². The number of aromatic nitrogens is 3. The second-order valence-electron chi connectivity index (χ2n) is 2.66. The fourth-order valence-electron chi connectivity index (χ4n) is 1.10. The Bertz CT molecular complexity index is 275. The van der Waals surface area contributed by atoms with Gasteiger partial charge in [-0.15, -0.1) is 16.8 Å². The minimum absolute atomic E-state index is 0.491. The summed E-state index contributed by atoms with van der Waals surface area (Å²) >= 11 is 1.67. The molecule has 1 aromatic heterocycles. The van der Waals surface area contributed by atoms with Crippen LogP contribution in [-0.4, -0.2) is 27.6 Å². The molecule has 0 atom stereocenters. The molecule has 14 heavy (non-hydrogen) atoms. The SMILES string of the molecule is C=CCn1c(COC)nnc1SCC. The lowest BCUT2D eigenvalue weighted by Crippen LogP contribution is -2.04. The molecule has 5 heteroatoms. The highest BCUT2D eigenvalue weighted by atomic mass is 32.2. The van der Waals surface area contributed by atoms with E-state index in [4.69, 9.17) is 4.74 Å². The van der Waals surface area contributed by atoms with Gasteiger partial charge >= 0.3 is 0 Å². The number of hydrogen-bond donors (Lipinski definition) is 0. The van der Waals surface area contributed by atoms with Gasteiger partial charge in [0.05, 0.1) is 0 Å². The van der Waals surface area contributed by atoms with Gasteiger partial charge in [0.15, 0.2) is 11.0 Å². The van der Waals surface area contributed by atoms with Crippen LogP contribution in [0.15, 0.2) is 17.8 Å². The molecule has 0 saturated carbocycles. The topological polar surface area (TPSA) is 39.9 Å². The fraction of sp³-hybridized carbons (Fsp3) is 0.556. The van der Waals surface area contributed by atoms with Crippen molar-refractivity contribution in [2.45, 2.75) is 25.2 Å². The third-order valence-corrected chi connectivity index (χ3v) is 2.50. The highest BCUT2D eigenvalue weighted by Gasteiger charge is 2.09. The van der Waals surface area contributed by atoms with Gasteiger partial charge in [-0.2, -0.15) is 0 Å². The van der Waals surface area contributed by atoms with Crippen LogP contribution < -0.4 is 0 Å². The van der Waals surface area contributed by atoms with Gasteiger partial charge in [0, 0.05) is 13.7 Å². The molecule has 0 amide bonds. The molecule has 1 rings (SSSR count). The summed E-state index contributed by atoms with van der Waals surface area (Å²) in [6.07, 6.45) is 1.84. The van der Waals surface area contributed by atoms with E-state index in [0.717, 1.165) is 23.3 Å². The molecule has 0 aliphatic carbocycles. The Morgan fingerprint density at radius 3 is 2.93 bits per heavy atom. The Kier molecular flexibility index (Phi) is 4.69. The molecule has 0 fully saturated rings. The predicted molar refractivity (Wildman–Crippen MR) is 57.3 cm³/mol. The smallest absolute Gasteiger partial charge is 0.191 e. The lowest BCUT2D eigenvalue weighted by atomic mass is 10.5. The van der Waals surface area contributed by atoms with Gasteiger partial charge in [0.2, 0.25) is 0 Å². The summed E-state index contributed by atoms with van der Waals surface area (Å²) in [5.74, 6) is 1.84. The number of hydrogen-bond acceptors (Lipinski definition) is 4. The molecule has 78 valence electrons. The van der Waals surface area contributed by atoms with Crippen molar-refractivity contribution in [2.75, 3.05) is 12.9 Å². The average Bonchev–Trinajstić information content (AvgIpc) is 2.52. The van der Waals surface area contributed by atoms with Gasteiger partial charge in [-0.1, -0.05) is 24.8 Å². The predicted octanol–water partition coefficient (Wildman–Crippen LogP) is 1.72. The lowest BCUT2D eigenvalue weighted by Gasteiger charge is -2.05. The Morgan fingerprint density at radius 1 is 1.57 bits per heavy atom. The van der Waals surface area contributed by atoms with Crippen molar-refractivity contribution in [3.8, 4) is 0 Å². The number of allylic oxidation sites excluding steroid dienone is 1. The third kappa shape index (κ3) is 2.59. The minimum Gasteiger partial charge on any atom is -0.377 e. The van der Waals surface area contributed by atoms with E-state index in [1.807, 2.05) is 10.6 Å². The van der Waals surface area contributed by atoms with Crippen LogP contribution >= 0.6 is 11.8 Å². The van der Waals surface area contributed by atoms with Crippen molar-refractivity contribution < 1.29 is 4.74 Å². The molecule has 0 radical (unpaired) electrons. The number of nitrogens with zero attached hydrogens (tertiary/aromatic N) is 3. The van der Waals surface area contributed by atoms with Crippen molar-refractivity contribution in [2.24, 2.45) is 0 Å². The largest absolute Gasteiger partial charge is 0.377 e. The molecule has 4 nitrogen and oxygen atoms in total. The Balaban J connectivity index is 2.87. The van der Waals surface area contributed by atoms with E-state index in [1.54, 1.807) is 18.9 Å². The summed E-state index contributed by atoms with van der Waals surface area (Å²) in [5, 5.41) is 9.08. The van der Waals surface area contributed by atoms with Crippen molar-refractivity contribution >= 4 is 11.8 Å². The zero-order chi connectivity index (χ0) is 10.4. The molecule has 1 heterocycles. The second kappa shape index (κ2) is 5.82. The Hall–Kier alpha value is -0.810. The number of methoxy groups -OCH3 is 1. The van der Waals surface area contributed by atoms with Crippen molar-refractivity contribution in [3.63, 3.8) is 0 Å². The first-order valence-corrected chi connectivity index (χ1v) is 5.46. The first kappa shape index (κ1) is 11.3. The summed E-state index contributed by atoms with van der Waals surface area (Å²) < 4.78 is 7.06. The lowest BCUT2D eigenvalue weighted by molar-refractivity contribution is 0.174. The van der Waals surface area contributed by atoms with Crippen molar-refractivity contribution in [1.29, 1.82) is 0 Å². The van der Waals surface area contributed by atoms with Crippen LogP contribution in [0.3, 0.4) is 0 Å².